The van der Waals surface area contributed by atoms with Crippen LogP contribution >= 0.6 is 0 Å². The molecule has 2 aliphatic heterocycles. The van der Waals surface area contributed by atoms with Gasteiger partial charge in [-0.15, -0.1) is 0 Å². The van der Waals surface area contributed by atoms with Crippen LogP contribution in [-0.2, 0) is 10.2 Å². The Bertz CT molecular complexity index is 1180. The third kappa shape index (κ3) is 3.04. The first-order valence-electron chi connectivity index (χ1n) is 10.9. The van der Waals surface area contributed by atoms with Crippen LogP contribution in [0.15, 0.2) is 69.9 Å². The zero-order chi connectivity index (χ0) is 21.8. The Morgan fingerprint density at radius 2 is 2.00 bits per heavy atom. The van der Waals surface area contributed by atoms with Gasteiger partial charge in [0.2, 0.25) is 0 Å². The van der Waals surface area contributed by atoms with Crippen molar-refractivity contribution in [3.63, 3.8) is 0 Å². The number of azo groups is 1. The van der Waals surface area contributed by atoms with Gasteiger partial charge in [-0.2, -0.15) is 10.2 Å². The molecular formula is C25H27N5O. The van der Waals surface area contributed by atoms with E-state index >= 15 is 0 Å². The number of nitrogens with one attached hydrogen (secondary N) is 1. The van der Waals surface area contributed by atoms with Crippen LogP contribution in [-0.4, -0.2) is 21.9 Å². The van der Waals surface area contributed by atoms with Crippen molar-refractivity contribution in [3.8, 4) is 11.3 Å². The molecule has 1 aliphatic carbocycles. The minimum Gasteiger partial charge on any atom is -0.362 e. The molecule has 0 spiro atoms. The van der Waals surface area contributed by atoms with Crippen molar-refractivity contribution in [2.45, 2.75) is 58.5 Å². The third-order valence-corrected chi connectivity index (χ3v) is 6.76. The molecule has 0 radical (unpaired) electrons. The van der Waals surface area contributed by atoms with Gasteiger partial charge in [0.1, 0.15) is 6.33 Å². The van der Waals surface area contributed by atoms with E-state index in [0.29, 0.717) is 6.42 Å². The van der Waals surface area contributed by atoms with Crippen molar-refractivity contribution in [2.75, 3.05) is 0 Å². The molecule has 2 atom stereocenters. The molecule has 6 nitrogen and oxygen atoms in total. The van der Waals surface area contributed by atoms with Crippen molar-refractivity contribution in [1.82, 2.24) is 15.3 Å². The quantitative estimate of drug-likeness (QED) is 0.766. The number of nitrogens with zero attached hydrogens (tertiary/aromatic N) is 4. The van der Waals surface area contributed by atoms with Crippen molar-refractivity contribution in [3.05, 3.63) is 71.0 Å². The predicted octanol–water partition coefficient (Wildman–Crippen LogP) is 5.02. The van der Waals surface area contributed by atoms with Gasteiger partial charge in [0.05, 0.1) is 17.3 Å². The number of aromatic nitrogens is 2. The lowest BCUT2D eigenvalue weighted by Gasteiger charge is -2.47. The molecule has 1 aromatic carbocycles. The van der Waals surface area contributed by atoms with Crippen LogP contribution in [0.4, 0.5) is 0 Å². The maximum Gasteiger partial charge on any atom is 0.164 e. The van der Waals surface area contributed by atoms with E-state index in [9.17, 15) is 4.79 Å². The van der Waals surface area contributed by atoms with Crippen molar-refractivity contribution in [2.24, 2.45) is 15.6 Å². The van der Waals surface area contributed by atoms with Crippen LogP contribution in [0.2, 0.25) is 0 Å². The molecule has 158 valence electrons. The van der Waals surface area contributed by atoms with Gasteiger partial charge < -0.3 is 5.32 Å². The number of rotatable bonds is 3. The number of Topliss-reactive ketones (excluding diaryl/α,β-unsaturated/α-hetero) is 1. The maximum atomic E-state index is 13.6. The summed E-state index contributed by atoms with van der Waals surface area (Å²) in [4.78, 5) is 22.3. The number of hydrogen-bond acceptors (Lipinski definition) is 6. The topological polar surface area (TPSA) is 79.6 Å². The summed E-state index contributed by atoms with van der Waals surface area (Å²) in [6.07, 6.45) is 5.37. The van der Waals surface area contributed by atoms with Crippen molar-refractivity contribution in [1.29, 1.82) is 0 Å². The molecule has 1 N–H and O–H groups in total. The Morgan fingerprint density at radius 3 is 2.77 bits per heavy atom. The van der Waals surface area contributed by atoms with E-state index in [1.807, 2.05) is 19.2 Å². The van der Waals surface area contributed by atoms with Gasteiger partial charge in [-0.3, -0.25) is 4.79 Å². The number of fused-ring (bicyclic) bond motifs is 1. The molecule has 31 heavy (non-hydrogen) atoms. The molecule has 5 rings (SSSR count). The average Bonchev–Trinajstić information content (AvgIpc) is 3.20. The summed E-state index contributed by atoms with van der Waals surface area (Å²) in [5, 5.41) is 12.2. The van der Waals surface area contributed by atoms with E-state index in [-0.39, 0.29) is 17.4 Å². The molecule has 0 fully saturated rings. The van der Waals surface area contributed by atoms with Gasteiger partial charge in [0.25, 0.3) is 0 Å². The average molecular weight is 414 g/mol. The third-order valence-electron chi connectivity index (χ3n) is 6.76. The van der Waals surface area contributed by atoms with Crippen LogP contribution < -0.4 is 5.32 Å². The molecular weight excluding hydrogens is 386 g/mol. The monoisotopic (exact) mass is 413 g/mol. The molecule has 2 unspecified atom stereocenters. The Morgan fingerprint density at radius 1 is 1.16 bits per heavy atom. The predicted molar refractivity (Wildman–Crippen MR) is 119 cm³/mol. The second-order valence-corrected chi connectivity index (χ2v) is 9.54. The van der Waals surface area contributed by atoms with E-state index in [1.54, 1.807) is 6.33 Å². The maximum absolute atomic E-state index is 13.6. The molecule has 3 heterocycles. The van der Waals surface area contributed by atoms with Gasteiger partial charge in [0.15, 0.2) is 11.9 Å². The summed E-state index contributed by atoms with van der Waals surface area (Å²) in [5.41, 5.74) is 6.27. The molecule has 0 bridgehead atoms. The first-order valence-corrected chi connectivity index (χ1v) is 10.9. The van der Waals surface area contributed by atoms with Gasteiger partial charge in [-0.1, -0.05) is 39.0 Å². The number of allylic oxidation sites excluding steroid dienone is 2. The van der Waals surface area contributed by atoms with Crippen molar-refractivity contribution >= 4 is 5.78 Å². The second-order valence-electron chi connectivity index (χ2n) is 9.54. The fraction of sp³-hybridized carbons (Fsp3) is 0.400. The van der Waals surface area contributed by atoms with E-state index < -0.39 is 5.41 Å². The molecule has 0 amide bonds. The first-order chi connectivity index (χ1) is 14.8. The van der Waals surface area contributed by atoms with Gasteiger partial charge in [-0.25, -0.2) is 9.97 Å². The number of hydrogen-bond donors (Lipinski definition) is 1. The zero-order valence-electron chi connectivity index (χ0n) is 18.4. The summed E-state index contributed by atoms with van der Waals surface area (Å²) in [6, 6.07) is 10.4. The van der Waals surface area contributed by atoms with Crippen LogP contribution in [0.3, 0.4) is 0 Å². The Balaban J connectivity index is 1.73. The lowest BCUT2D eigenvalue weighted by molar-refractivity contribution is -0.119. The minimum absolute atomic E-state index is 0.0697. The highest BCUT2D eigenvalue weighted by Crippen LogP contribution is 2.53. The molecule has 0 saturated heterocycles. The van der Waals surface area contributed by atoms with Gasteiger partial charge in [0, 0.05) is 34.5 Å². The smallest absolute Gasteiger partial charge is 0.164 e. The summed E-state index contributed by atoms with van der Waals surface area (Å²) in [6.45, 7) is 8.43. The van der Waals surface area contributed by atoms with Crippen LogP contribution in [0, 0.1) is 12.3 Å². The number of ketones is 1. The Kier molecular flexibility index (Phi) is 4.43. The molecule has 2 aromatic rings. The van der Waals surface area contributed by atoms with Gasteiger partial charge in [-0.05, 0) is 42.9 Å². The van der Waals surface area contributed by atoms with E-state index in [2.05, 4.69) is 70.5 Å². The highest BCUT2D eigenvalue weighted by molar-refractivity contribution is 6.01. The lowest BCUT2D eigenvalue weighted by atomic mass is 9.58. The lowest BCUT2D eigenvalue weighted by Crippen LogP contribution is -2.51. The summed E-state index contributed by atoms with van der Waals surface area (Å²) in [5.74, 6) is 0.218. The standard InChI is InChI=1S/C25H27N5O/c1-5-25(17-8-6-7-16(10-17)19-9-15(2)26-14-27-19)18-13-28-30-23(18)29-20-11-24(3,4)12-21(31)22(20)25/h6-10,13-14,23,29H,5,11-12H2,1-4H3. The highest BCUT2D eigenvalue weighted by atomic mass is 16.1. The first kappa shape index (κ1) is 19.8. The van der Waals surface area contributed by atoms with E-state index in [0.717, 1.165) is 52.2 Å². The van der Waals surface area contributed by atoms with E-state index in [4.69, 9.17) is 0 Å². The van der Waals surface area contributed by atoms with Crippen LogP contribution in [0.5, 0.6) is 0 Å². The minimum atomic E-state index is -0.541. The fourth-order valence-corrected chi connectivity index (χ4v) is 5.45. The normalized spacial score (nSPS) is 26.3. The Labute approximate surface area is 182 Å². The largest absolute Gasteiger partial charge is 0.362 e. The summed E-state index contributed by atoms with van der Waals surface area (Å²) < 4.78 is 0. The molecule has 0 saturated carbocycles. The van der Waals surface area contributed by atoms with Crippen LogP contribution in [0.25, 0.3) is 11.3 Å². The second kappa shape index (κ2) is 6.94. The molecule has 6 heteroatoms. The summed E-state index contributed by atoms with van der Waals surface area (Å²) >= 11 is 0. The molecule has 3 aliphatic rings. The van der Waals surface area contributed by atoms with Crippen LogP contribution in [0.1, 0.15) is 51.3 Å². The van der Waals surface area contributed by atoms with E-state index in [1.165, 1.54) is 0 Å². The zero-order valence-corrected chi connectivity index (χ0v) is 18.4. The number of carbonyl (C=O) groups excluding carboxylic acids is 1. The number of carbonyl (C=O) groups is 1. The number of aryl methyl sites for hydroxylation is 1. The summed E-state index contributed by atoms with van der Waals surface area (Å²) in [7, 11) is 0. The fourth-order valence-electron chi connectivity index (χ4n) is 5.45. The van der Waals surface area contributed by atoms with Gasteiger partial charge >= 0.3 is 0 Å². The SMILES string of the molecule is CCC1(c2cccc(-c3cc(C)ncn3)c2)C2=CN=NC2NC2=C1C(=O)CC(C)(C)C2. The number of benzene rings is 1. The van der Waals surface area contributed by atoms with Crippen molar-refractivity contribution < 1.29 is 4.79 Å². The molecule has 1 aromatic heterocycles. The highest BCUT2D eigenvalue weighted by Gasteiger charge is 2.52. The Hall–Kier alpha value is -3.15.